The smallest absolute Gasteiger partial charge is 0.275 e. The third-order valence-corrected chi connectivity index (χ3v) is 6.56. The molecule has 2 aliphatic heterocycles. The number of rotatable bonds is 6. The molecule has 1 saturated heterocycles. The number of aromatic nitrogens is 2. The molecule has 0 aliphatic carbocycles. The van der Waals surface area contributed by atoms with E-state index in [4.69, 9.17) is 21.7 Å². The van der Waals surface area contributed by atoms with Crippen molar-refractivity contribution in [2.75, 3.05) is 22.7 Å². The summed E-state index contributed by atoms with van der Waals surface area (Å²) in [6, 6.07) is 3.78. The Hall–Kier alpha value is -3.23. The molecular weight excluding hydrogens is 473 g/mol. The highest BCUT2D eigenvalue weighted by molar-refractivity contribution is 8.13. The van der Waals surface area contributed by atoms with Gasteiger partial charge < -0.3 is 15.8 Å². The number of amidine groups is 1. The van der Waals surface area contributed by atoms with E-state index in [0.717, 1.165) is 42.3 Å². The van der Waals surface area contributed by atoms with Crippen molar-refractivity contribution in [2.24, 2.45) is 22.5 Å². The van der Waals surface area contributed by atoms with E-state index in [2.05, 4.69) is 20.3 Å². The number of fused-ring (bicyclic) bond motifs is 1. The number of hydrazine groups is 1. The minimum Gasteiger partial charge on any atom is -0.379 e. The van der Waals surface area contributed by atoms with Crippen LogP contribution in [-0.4, -0.2) is 51.8 Å². The number of nitrogens with zero attached hydrogens (tertiary/aromatic N) is 4. The first-order valence-corrected chi connectivity index (χ1v) is 11.0. The molecule has 2 aliphatic rings. The normalized spacial score (nSPS) is 24.2. The molecule has 180 valence electrons. The number of carbonyl (C=O) groups excluding carboxylic acids is 1. The third-order valence-electron chi connectivity index (χ3n) is 5.65. The van der Waals surface area contributed by atoms with Crippen molar-refractivity contribution in [3.05, 3.63) is 47.7 Å². The predicted molar refractivity (Wildman–Crippen MR) is 121 cm³/mol. The molecule has 1 aromatic carbocycles. The molecule has 0 bridgehead atoms. The number of hydrogen-bond acceptors (Lipinski definition) is 9. The van der Waals surface area contributed by atoms with Crippen molar-refractivity contribution in [3.8, 4) is 0 Å². The van der Waals surface area contributed by atoms with Crippen LogP contribution < -0.4 is 21.9 Å². The number of amides is 1. The van der Waals surface area contributed by atoms with E-state index in [9.17, 15) is 13.6 Å². The average molecular weight is 495 g/mol. The van der Waals surface area contributed by atoms with Crippen molar-refractivity contribution < 1.29 is 22.7 Å². The monoisotopic (exact) mass is 494 g/mol. The van der Waals surface area contributed by atoms with Crippen molar-refractivity contribution in [3.63, 3.8) is 0 Å². The second-order valence-electron chi connectivity index (χ2n) is 7.92. The number of carbonyl (C=O) groups is 1. The Balaban J connectivity index is 1.65. The van der Waals surface area contributed by atoms with Gasteiger partial charge in [-0.2, -0.15) is 0 Å². The fourth-order valence-electron chi connectivity index (χ4n) is 4.04. The van der Waals surface area contributed by atoms with Gasteiger partial charge in [-0.15, -0.1) is 0 Å². The summed E-state index contributed by atoms with van der Waals surface area (Å²) in [5.41, 5.74) is 4.57. The highest BCUT2D eigenvalue weighted by Gasteiger charge is 2.59. The van der Waals surface area contributed by atoms with Gasteiger partial charge in [0, 0.05) is 29.8 Å². The Morgan fingerprint density at radius 2 is 2.18 bits per heavy atom. The topological polar surface area (TPSA) is 156 Å². The summed E-state index contributed by atoms with van der Waals surface area (Å²) in [5, 5.41) is 10.7. The Kier molecular flexibility index (Phi) is 6.22. The van der Waals surface area contributed by atoms with Crippen LogP contribution in [0.4, 0.5) is 24.7 Å². The van der Waals surface area contributed by atoms with E-state index in [0.29, 0.717) is 0 Å². The summed E-state index contributed by atoms with van der Waals surface area (Å²) in [5.74, 6) is 0.494. The summed E-state index contributed by atoms with van der Waals surface area (Å²) in [4.78, 5) is 24.9. The average Bonchev–Trinajstić information content (AvgIpc) is 3.20. The number of hydrogen-bond donors (Lipinski definition) is 4. The zero-order chi connectivity index (χ0) is 24.7. The van der Waals surface area contributed by atoms with Gasteiger partial charge in [0.15, 0.2) is 11.0 Å². The van der Waals surface area contributed by atoms with E-state index >= 15 is 4.39 Å². The number of aliphatic imine (C=N–C) groups is 1. The SMILES string of the molecule is CC(F)(F)C1OCC2(c3cc(NC(=O)c4cnc(N(N)C=N)cn4)ccc3F)N=C(N)SCC12. The largest absolute Gasteiger partial charge is 0.379 e. The fraction of sp³-hybridized carbons (Fsp3) is 0.350. The second-order valence-corrected chi connectivity index (χ2v) is 8.96. The molecule has 1 fully saturated rings. The molecule has 4 rings (SSSR count). The van der Waals surface area contributed by atoms with Gasteiger partial charge in [0.2, 0.25) is 0 Å². The van der Waals surface area contributed by atoms with Gasteiger partial charge in [-0.25, -0.2) is 34.0 Å². The van der Waals surface area contributed by atoms with Gasteiger partial charge in [0.25, 0.3) is 11.8 Å². The molecule has 6 N–H and O–H groups in total. The summed E-state index contributed by atoms with van der Waals surface area (Å²) in [6.45, 7) is 0.474. The minimum absolute atomic E-state index is 0.00325. The molecule has 10 nitrogen and oxygen atoms in total. The van der Waals surface area contributed by atoms with Gasteiger partial charge in [0.05, 0.1) is 19.0 Å². The van der Waals surface area contributed by atoms with Crippen LogP contribution in [0.15, 0.2) is 35.6 Å². The number of anilines is 2. The maximum absolute atomic E-state index is 15.0. The van der Waals surface area contributed by atoms with E-state index in [1.165, 1.54) is 18.3 Å². The molecule has 3 atom stereocenters. The maximum Gasteiger partial charge on any atom is 0.275 e. The van der Waals surface area contributed by atoms with Crippen LogP contribution in [-0.2, 0) is 10.3 Å². The Morgan fingerprint density at radius 1 is 1.41 bits per heavy atom. The van der Waals surface area contributed by atoms with E-state index in [1.807, 2.05) is 0 Å². The van der Waals surface area contributed by atoms with Gasteiger partial charge in [-0.1, -0.05) is 11.8 Å². The number of halogens is 3. The summed E-state index contributed by atoms with van der Waals surface area (Å²) in [7, 11) is 0. The lowest BCUT2D eigenvalue weighted by molar-refractivity contribution is -0.113. The van der Waals surface area contributed by atoms with Gasteiger partial charge in [-0.3, -0.25) is 15.2 Å². The standard InChI is InChI=1S/C20H21F3N8O2S/c1-19(22,23)16-12-7-34-18(25)30-20(12,8-33-16)11-4-10(2-3-13(11)21)29-17(32)14-5-28-15(6-27-14)31(26)9-24/h2-6,9,12,16,24H,7-8,26H2,1H3,(H2,25,30)(H,29,32). The van der Waals surface area contributed by atoms with Gasteiger partial charge in [0.1, 0.15) is 29.5 Å². The Labute approximate surface area is 196 Å². The molecule has 14 heteroatoms. The minimum atomic E-state index is -3.17. The van der Waals surface area contributed by atoms with Crippen LogP contribution in [0.25, 0.3) is 0 Å². The maximum atomic E-state index is 15.0. The first-order valence-electron chi connectivity index (χ1n) is 10.0. The quantitative estimate of drug-likeness (QED) is 0.206. The fourth-order valence-corrected chi connectivity index (χ4v) is 5.07. The zero-order valence-corrected chi connectivity index (χ0v) is 18.7. The van der Waals surface area contributed by atoms with E-state index < -0.39 is 35.2 Å². The van der Waals surface area contributed by atoms with Crippen LogP contribution in [0.5, 0.6) is 0 Å². The molecule has 1 aromatic heterocycles. The first kappa shape index (κ1) is 23.9. The molecule has 1 amide bonds. The Bertz CT molecular complexity index is 1140. The van der Waals surface area contributed by atoms with Crippen molar-refractivity contribution in [1.29, 1.82) is 5.41 Å². The van der Waals surface area contributed by atoms with E-state index in [1.54, 1.807) is 0 Å². The lowest BCUT2D eigenvalue weighted by Crippen LogP contribution is -2.46. The summed E-state index contributed by atoms with van der Waals surface area (Å²) >= 11 is 1.11. The molecule has 0 radical (unpaired) electrons. The Morgan fingerprint density at radius 3 is 2.82 bits per heavy atom. The third kappa shape index (κ3) is 4.31. The molecule has 34 heavy (non-hydrogen) atoms. The lowest BCUT2D eigenvalue weighted by atomic mass is 9.77. The highest BCUT2D eigenvalue weighted by atomic mass is 32.2. The summed E-state index contributed by atoms with van der Waals surface area (Å²) < 4.78 is 48.9. The first-order chi connectivity index (χ1) is 16.0. The predicted octanol–water partition coefficient (Wildman–Crippen LogP) is 2.08. The van der Waals surface area contributed by atoms with Crippen LogP contribution in [0, 0.1) is 17.1 Å². The number of thioether (sulfide) groups is 1. The number of nitrogens with one attached hydrogen (secondary N) is 2. The molecule has 3 heterocycles. The van der Waals surface area contributed by atoms with Crippen molar-refractivity contribution >= 4 is 40.7 Å². The van der Waals surface area contributed by atoms with Gasteiger partial charge >= 0.3 is 0 Å². The molecule has 3 unspecified atom stereocenters. The van der Waals surface area contributed by atoms with Crippen LogP contribution >= 0.6 is 11.8 Å². The lowest BCUT2D eigenvalue weighted by Gasteiger charge is -2.37. The number of benzene rings is 1. The second kappa shape index (κ2) is 8.85. The molecule has 2 aromatic rings. The molecule has 0 saturated carbocycles. The number of alkyl halides is 2. The highest BCUT2D eigenvalue weighted by Crippen LogP contribution is 2.51. The molecule has 0 spiro atoms. The van der Waals surface area contributed by atoms with Crippen molar-refractivity contribution in [1.82, 2.24) is 9.97 Å². The zero-order valence-electron chi connectivity index (χ0n) is 17.8. The van der Waals surface area contributed by atoms with E-state index in [-0.39, 0.29) is 40.3 Å². The van der Waals surface area contributed by atoms with Crippen LogP contribution in [0.3, 0.4) is 0 Å². The van der Waals surface area contributed by atoms with Crippen LogP contribution in [0.2, 0.25) is 0 Å². The number of ether oxygens (including phenoxy) is 1. The van der Waals surface area contributed by atoms with Crippen molar-refractivity contribution in [2.45, 2.75) is 24.5 Å². The summed E-state index contributed by atoms with van der Waals surface area (Å²) in [6.07, 6.45) is 1.72. The van der Waals surface area contributed by atoms with Gasteiger partial charge in [-0.05, 0) is 18.2 Å². The number of nitrogens with two attached hydrogens (primary N) is 2. The molecular formula is C20H21F3N8O2S. The van der Waals surface area contributed by atoms with Crippen LogP contribution in [0.1, 0.15) is 23.0 Å².